The lowest BCUT2D eigenvalue weighted by Gasteiger charge is -2.54. The van der Waals surface area contributed by atoms with Crippen LogP contribution >= 0.6 is 11.8 Å². The van der Waals surface area contributed by atoms with Gasteiger partial charge in [0.2, 0.25) is 0 Å². The van der Waals surface area contributed by atoms with E-state index >= 15 is 0 Å². The third-order valence-electron chi connectivity index (χ3n) is 8.61. The van der Waals surface area contributed by atoms with Crippen LogP contribution in [0.25, 0.3) is 0 Å². The van der Waals surface area contributed by atoms with E-state index in [0.29, 0.717) is 23.4 Å². The Morgan fingerprint density at radius 1 is 1.07 bits per heavy atom. The molecular weight excluding hydrogens is 398 g/mol. The van der Waals surface area contributed by atoms with Gasteiger partial charge in [-0.3, -0.25) is 9.59 Å². The molecule has 6 fully saturated rings. The van der Waals surface area contributed by atoms with Crippen molar-refractivity contribution in [2.45, 2.75) is 43.2 Å². The number of nitrogens with one attached hydrogen (secondary N) is 1. The number of rotatable bonds is 5. The van der Waals surface area contributed by atoms with E-state index in [1.54, 1.807) is 0 Å². The van der Waals surface area contributed by atoms with Crippen LogP contribution in [0.3, 0.4) is 0 Å². The van der Waals surface area contributed by atoms with E-state index in [-0.39, 0.29) is 23.7 Å². The summed E-state index contributed by atoms with van der Waals surface area (Å²) < 4.78 is 0. The highest BCUT2D eigenvalue weighted by Crippen LogP contribution is 2.54. The third kappa shape index (κ3) is 2.95. The van der Waals surface area contributed by atoms with Gasteiger partial charge in [0.05, 0.1) is 11.5 Å². The second-order valence-electron chi connectivity index (χ2n) is 10.3. The number of thioether (sulfide) groups is 1. The summed E-state index contributed by atoms with van der Waals surface area (Å²) in [5.41, 5.74) is 0.674. The molecule has 0 spiro atoms. The molecule has 5 saturated carbocycles. The zero-order valence-corrected chi connectivity index (χ0v) is 18.1. The van der Waals surface area contributed by atoms with E-state index in [0.717, 1.165) is 35.8 Å². The van der Waals surface area contributed by atoms with Crippen LogP contribution in [0.1, 0.15) is 42.5 Å². The second-order valence-corrected chi connectivity index (χ2v) is 11.0. The van der Waals surface area contributed by atoms with Crippen LogP contribution in [0.2, 0.25) is 0 Å². The van der Waals surface area contributed by atoms with E-state index in [9.17, 15) is 14.7 Å². The van der Waals surface area contributed by atoms with Crippen molar-refractivity contribution >= 4 is 29.5 Å². The first-order chi connectivity index (χ1) is 14.5. The molecule has 1 amide bonds. The molecule has 30 heavy (non-hydrogen) atoms. The van der Waals surface area contributed by atoms with Crippen molar-refractivity contribution in [3.05, 3.63) is 17.7 Å². The fourth-order valence-electron chi connectivity index (χ4n) is 7.40. The Labute approximate surface area is 181 Å². The van der Waals surface area contributed by atoms with Crippen molar-refractivity contribution in [3.63, 3.8) is 0 Å². The number of carbonyl (C=O) groups is 2. The largest absolute Gasteiger partial charge is 0.481 e. The predicted molar refractivity (Wildman–Crippen MR) is 115 cm³/mol. The molecule has 2 N–H and O–H groups in total. The Morgan fingerprint density at radius 2 is 1.70 bits per heavy atom. The maximum Gasteiger partial charge on any atom is 0.307 e. The lowest BCUT2D eigenvalue weighted by atomic mass is 9.54. The van der Waals surface area contributed by atoms with Crippen molar-refractivity contribution in [2.24, 2.45) is 41.4 Å². The SMILES string of the molecule is CSc1nc(N2C[C@@H]3C(C(=O)O)[C@@H]3C2)ccc1C(=O)NC1C2CC3CC(C2)CC1C3. The second kappa shape index (κ2) is 6.87. The Hall–Kier alpha value is -1.76. The molecule has 160 valence electrons. The minimum Gasteiger partial charge on any atom is -0.481 e. The first-order valence-corrected chi connectivity index (χ1v) is 12.6. The van der Waals surface area contributed by atoms with Crippen LogP contribution in [-0.2, 0) is 4.79 Å². The topological polar surface area (TPSA) is 82.5 Å². The smallest absolute Gasteiger partial charge is 0.307 e. The number of carboxylic acids is 1. The number of piperidine rings is 1. The predicted octanol–water partition coefficient (Wildman–Crippen LogP) is 3.12. The molecular formula is C23H29N3O3S. The minimum atomic E-state index is -0.667. The van der Waals surface area contributed by atoms with E-state index in [4.69, 9.17) is 4.98 Å². The van der Waals surface area contributed by atoms with Gasteiger partial charge in [0.1, 0.15) is 10.8 Å². The van der Waals surface area contributed by atoms with Gasteiger partial charge in [-0.2, -0.15) is 0 Å². The highest BCUT2D eigenvalue weighted by molar-refractivity contribution is 7.98. The summed E-state index contributed by atoms with van der Waals surface area (Å²) in [5.74, 6) is 3.66. The zero-order valence-electron chi connectivity index (χ0n) is 17.3. The Balaban J connectivity index is 1.16. The number of aromatic nitrogens is 1. The molecule has 2 heterocycles. The van der Waals surface area contributed by atoms with Crippen LogP contribution in [-0.4, -0.2) is 47.4 Å². The van der Waals surface area contributed by atoms with Crippen molar-refractivity contribution in [1.82, 2.24) is 10.3 Å². The van der Waals surface area contributed by atoms with Gasteiger partial charge in [-0.1, -0.05) is 0 Å². The van der Waals surface area contributed by atoms with Crippen LogP contribution in [0.15, 0.2) is 17.2 Å². The molecule has 6 nitrogen and oxygen atoms in total. The maximum atomic E-state index is 13.2. The summed E-state index contributed by atoms with van der Waals surface area (Å²) >= 11 is 1.51. The molecule has 1 saturated heterocycles. The molecule has 7 heteroatoms. The highest BCUT2D eigenvalue weighted by Gasteiger charge is 2.60. The average Bonchev–Trinajstić information content (AvgIpc) is 3.24. The van der Waals surface area contributed by atoms with Crippen molar-refractivity contribution in [2.75, 3.05) is 24.2 Å². The van der Waals surface area contributed by atoms with Crippen molar-refractivity contribution < 1.29 is 14.7 Å². The summed E-state index contributed by atoms with van der Waals surface area (Å²) in [6.07, 6.45) is 8.55. The van der Waals surface area contributed by atoms with Crippen LogP contribution < -0.4 is 10.2 Å². The number of amides is 1. The molecule has 5 aliphatic carbocycles. The van der Waals surface area contributed by atoms with Gasteiger partial charge >= 0.3 is 5.97 Å². The molecule has 1 unspecified atom stereocenters. The van der Waals surface area contributed by atoms with Gasteiger partial charge in [0, 0.05) is 19.1 Å². The summed E-state index contributed by atoms with van der Waals surface area (Å²) in [6, 6.07) is 4.18. The number of pyridine rings is 1. The van der Waals surface area contributed by atoms with Gasteiger partial charge < -0.3 is 15.3 Å². The fraction of sp³-hybridized carbons (Fsp3) is 0.696. The molecule has 1 aromatic rings. The van der Waals surface area contributed by atoms with Gasteiger partial charge in [-0.05, 0) is 86.0 Å². The summed E-state index contributed by atoms with van der Waals surface area (Å²) in [4.78, 5) is 31.4. The standard InChI is InChI=1S/C23H29N3O3S/c1-30-22-15(2-3-18(24-22)26-9-16-17(10-26)19(16)23(28)29)21(27)25-20-13-5-11-4-12(7-13)8-14(20)6-11/h2-3,11-14,16-17,19-20H,4-10H2,1H3,(H,25,27)(H,28,29)/t11?,12?,13?,14?,16-,17+,19?,20?. The van der Waals surface area contributed by atoms with Gasteiger partial charge in [0.25, 0.3) is 5.91 Å². The maximum absolute atomic E-state index is 13.2. The van der Waals surface area contributed by atoms with Gasteiger partial charge in [-0.15, -0.1) is 11.8 Å². The number of hydrogen-bond acceptors (Lipinski definition) is 5. The lowest BCUT2D eigenvalue weighted by Crippen LogP contribution is -2.55. The Morgan fingerprint density at radius 3 is 2.27 bits per heavy atom. The first-order valence-electron chi connectivity index (χ1n) is 11.4. The van der Waals surface area contributed by atoms with E-state index in [1.807, 2.05) is 18.4 Å². The normalized spacial score (nSPS) is 40.4. The Kier molecular flexibility index (Phi) is 4.34. The Bertz CT molecular complexity index is 866. The van der Waals surface area contributed by atoms with Crippen molar-refractivity contribution in [3.8, 4) is 0 Å². The fourth-order valence-corrected chi connectivity index (χ4v) is 7.97. The quantitative estimate of drug-likeness (QED) is 0.703. The number of carboxylic acid groups (broad SMARTS) is 1. The molecule has 0 radical (unpaired) electrons. The average molecular weight is 428 g/mol. The zero-order chi connectivity index (χ0) is 20.6. The summed E-state index contributed by atoms with van der Waals surface area (Å²) in [6.45, 7) is 1.50. The number of carbonyl (C=O) groups excluding carboxylic acids is 1. The van der Waals surface area contributed by atoms with E-state index in [2.05, 4.69) is 10.2 Å². The number of nitrogens with zero attached hydrogens (tertiary/aromatic N) is 2. The van der Waals surface area contributed by atoms with E-state index < -0.39 is 5.97 Å². The molecule has 4 bridgehead atoms. The molecule has 0 aromatic carbocycles. The molecule has 1 aliphatic heterocycles. The van der Waals surface area contributed by atoms with Crippen molar-refractivity contribution in [1.29, 1.82) is 0 Å². The van der Waals surface area contributed by atoms with Crippen LogP contribution in [0.4, 0.5) is 5.82 Å². The number of hydrogen-bond donors (Lipinski definition) is 2. The van der Waals surface area contributed by atoms with Crippen LogP contribution in [0, 0.1) is 41.4 Å². The highest BCUT2D eigenvalue weighted by atomic mass is 32.2. The number of anilines is 1. The van der Waals surface area contributed by atoms with E-state index in [1.165, 1.54) is 43.9 Å². The summed E-state index contributed by atoms with van der Waals surface area (Å²) in [7, 11) is 0. The molecule has 6 aliphatic rings. The minimum absolute atomic E-state index is 0.0195. The lowest BCUT2D eigenvalue weighted by molar-refractivity contribution is -0.139. The number of fused-ring (bicyclic) bond motifs is 1. The summed E-state index contributed by atoms with van der Waals surface area (Å²) in [5, 5.41) is 13.4. The van der Waals surface area contributed by atoms with Crippen LogP contribution in [0.5, 0.6) is 0 Å². The molecule has 1 aromatic heterocycles. The van der Waals surface area contributed by atoms with Gasteiger partial charge in [-0.25, -0.2) is 4.98 Å². The molecule has 3 atom stereocenters. The third-order valence-corrected chi connectivity index (χ3v) is 9.31. The molecule has 7 rings (SSSR count). The number of aliphatic carboxylic acids is 1. The van der Waals surface area contributed by atoms with Gasteiger partial charge in [0.15, 0.2) is 0 Å². The monoisotopic (exact) mass is 427 g/mol. The first kappa shape index (κ1) is 19.0.